The first-order valence-corrected chi connectivity index (χ1v) is 15.1. The average molecular weight is 600 g/mol. The van der Waals surface area contributed by atoms with E-state index in [0.717, 1.165) is 4.31 Å². The van der Waals surface area contributed by atoms with Crippen LogP contribution in [0.5, 0.6) is 11.5 Å². The lowest BCUT2D eigenvalue weighted by atomic mass is 10.1. The lowest BCUT2D eigenvalue weighted by Gasteiger charge is -2.33. The van der Waals surface area contributed by atoms with Gasteiger partial charge in [-0.3, -0.25) is 13.9 Å². The molecule has 0 aliphatic carbocycles. The minimum atomic E-state index is -4.24. The van der Waals surface area contributed by atoms with Crippen molar-refractivity contribution in [3.63, 3.8) is 0 Å². The Kier molecular flexibility index (Phi) is 11.3. The Balaban J connectivity index is 2.10. The van der Waals surface area contributed by atoms with Gasteiger partial charge in [0.2, 0.25) is 11.8 Å². The maximum absolute atomic E-state index is 14.1. The zero-order valence-corrected chi connectivity index (χ0v) is 25.4. The molecule has 0 fully saturated rings. The van der Waals surface area contributed by atoms with Crippen molar-refractivity contribution in [3.05, 3.63) is 84.2 Å². The van der Waals surface area contributed by atoms with Gasteiger partial charge in [-0.2, -0.15) is 0 Å². The van der Waals surface area contributed by atoms with E-state index in [9.17, 15) is 22.4 Å². The van der Waals surface area contributed by atoms with Crippen LogP contribution in [0.2, 0.25) is 0 Å². The van der Waals surface area contributed by atoms with Gasteiger partial charge in [-0.05, 0) is 61.7 Å². The van der Waals surface area contributed by atoms with Crippen molar-refractivity contribution >= 4 is 27.5 Å². The third-order valence-electron chi connectivity index (χ3n) is 6.92. The third kappa shape index (κ3) is 7.79. The van der Waals surface area contributed by atoms with Gasteiger partial charge < -0.3 is 19.7 Å². The van der Waals surface area contributed by atoms with E-state index in [0.29, 0.717) is 17.7 Å². The molecule has 0 aromatic heterocycles. The third-order valence-corrected chi connectivity index (χ3v) is 8.71. The molecule has 1 N–H and O–H groups in total. The second-order valence-electron chi connectivity index (χ2n) is 9.75. The van der Waals surface area contributed by atoms with Crippen molar-refractivity contribution in [2.24, 2.45) is 0 Å². The van der Waals surface area contributed by atoms with Crippen LogP contribution in [-0.2, 0) is 26.2 Å². The molecule has 0 radical (unpaired) electrons. The van der Waals surface area contributed by atoms with E-state index in [2.05, 4.69) is 5.32 Å². The van der Waals surface area contributed by atoms with E-state index in [1.165, 1.54) is 67.7 Å². The minimum Gasteiger partial charge on any atom is -0.493 e. The van der Waals surface area contributed by atoms with Crippen LogP contribution in [0.25, 0.3) is 0 Å². The Bertz CT molecular complexity index is 1450. The van der Waals surface area contributed by atoms with Crippen molar-refractivity contribution in [2.75, 3.05) is 25.1 Å². The first kappa shape index (κ1) is 32.4. The van der Waals surface area contributed by atoms with E-state index in [4.69, 9.17) is 9.47 Å². The van der Waals surface area contributed by atoms with Gasteiger partial charge in [0.15, 0.2) is 11.5 Å². The van der Waals surface area contributed by atoms with Crippen LogP contribution in [0.1, 0.15) is 39.2 Å². The van der Waals surface area contributed by atoms with Crippen LogP contribution in [0.3, 0.4) is 0 Å². The quantitative estimate of drug-likeness (QED) is 0.287. The summed E-state index contributed by atoms with van der Waals surface area (Å²) in [4.78, 5) is 28.8. The number of nitrogens with zero attached hydrogens (tertiary/aromatic N) is 2. The number of halogens is 1. The standard InChI is InChI=1S/C31H38FN3O6S/c1-6-22(3)33-31(37)27(7-2)34(20-23-13-15-24(32)16-14-23)30(36)21-35(42(38,39)26-11-9-8-10-12-26)25-17-18-28(40-4)29(19-25)41-5/h8-19,22,27H,6-7,20-21H2,1-5H3,(H,33,37)/t22-,27+/m0/s1. The summed E-state index contributed by atoms with van der Waals surface area (Å²) in [6.07, 6.45) is 0.966. The largest absolute Gasteiger partial charge is 0.493 e. The molecule has 0 unspecified atom stereocenters. The Labute approximate surface area is 247 Å². The lowest BCUT2D eigenvalue weighted by Crippen LogP contribution is -2.53. The summed E-state index contributed by atoms with van der Waals surface area (Å²) < 4.78 is 53.3. The van der Waals surface area contributed by atoms with E-state index in [-0.39, 0.29) is 41.2 Å². The summed E-state index contributed by atoms with van der Waals surface area (Å²) in [5.41, 5.74) is 0.756. The zero-order valence-electron chi connectivity index (χ0n) is 24.5. The normalized spacial score (nSPS) is 12.6. The molecule has 2 atom stereocenters. The Morgan fingerprint density at radius 2 is 1.55 bits per heavy atom. The predicted octanol–water partition coefficient (Wildman–Crippen LogP) is 4.76. The molecule has 0 aliphatic rings. The van der Waals surface area contributed by atoms with Crippen LogP contribution < -0.4 is 19.1 Å². The van der Waals surface area contributed by atoms with Gasteiger partial charge in [-0.1, -0.05) is 44.2 Å². The number of anilines is 1. The highest BCUT2D eigenvalue weighted by Crippen LogP contribution is 2.34. The van der Waals surface area contributed by atoms with Gasteiger partial charge in [-0.15, -0.1) is 0 Å². The smallest absolute Gasteiger partial charge is 0.264 e. The Hall–Kier alpha value is -4.12. The molecule has 3 aromatic rings. The second kappa shape index (κ2) is 14.7. The fraction of sp³-hybridized carbons (Fsp3) is 0.355. The summed E-state index contributed by atoms with van der Waals surface area (Å²) in [7, 11) is -1.36. The molecule has 11 heteroatoms. The molecule has 0 spiro atoms. The van der Waals surface area contributed by atoms with Crippen molar-refractivity contribution in [2.45, 2.75) is 57.1 Å². The Morgan fingerprint density at radius 1 is 0.905 bits per heavy atom. The van der Waals surface area contributed by atoms with Gasteiger partial charge in [0.25, 0.3) is 10.0 Å². The van der Waals surface area contributed by atoms with Crippen molar-refractivity contribution in [3.8, 4) is 11.5 Å². The number of carbonyl (C=O) groups is 2. The summed E-state index contributed by atoms with van der Waals surface area (Å²) in [6, 6.07) is 16.9. The number of sulfonamides is 1. The van der Waals surface area contributed by atoms with Crippen molar-refractivity contribution < 1.29 is 31.9 Å². The topological polar surface area (TPSA) is 105 Å². The maximum atomic E-state index is 14.1. The highest BCUT2D eigenvalue weighted by molar-refractivity contribution is 7.92. The van der Waals surface area contributed by atoms with E-state index in [1.54, 1.807) is 31.2 Å². The molecule has 42 heavy (non-hydrogen) atoms. The van der Waals surface area contributed by atoms with Gasteiger partial charge in [0.1, 0.15) is 18.4 Å². The molecule has 3 aromatic carbocycles. The molecule has 3 rings (SSSR count). The molecule has 0 aliphatic heterocycles. The number of amides is 2. The van der Waals surface area contributed by atoms with E-state index in [1.807, 2.05) is 13.8 Å². The van der Waals surface area contributed by atoms with Gasteiger partial charge >= 0.3 is 0 Å². The monoisotopic (exact) mass is 599 g/mol. The average Bonchev–Trinajstić information content (AvgIpc) is 3.00. The molecule has 0 bridgehead atoms. The van der Waals surface area contributed by atoms with E-state index >= 15 is 0 Å². The Morgan fingerprint density at radius 3 is 2.12 bits per heavy atom. The number of ether oxygens (including phenoxy) is 2. The van der Waals surface area contributed by atoms with Gasteiger partial charge in [-0.25, -0.2) is 12.8 Å². The number of benzene rings is 3. The SMILES string of the molecule is CC[C@H](C(=O)N[C@@H](C)CC)N(Cc1ccc(F)cc1)C(=O)CN(c1ccc(OC)c(OC)c1)S(=O)(=O)c1ccccc1. The molecule has 0 heterocycles. The summed E-state index contributed by atoms with van der Waals surface area (Å²) >= 11 is 0. The van der Waals surface area contributed by atoms with Gasteiger partial charge in [0, 0.05) is 18.7 Å². The lowest BCUT2D eigenvalue weighted by molar-refractivity contribution is -0.140. The first-order valence-electron chi connectivity index (χ1n) is 13.7. The molecular weight excluding hydrogens is 561 g/mol. The maximum Gasteiger partial charge on any atom is 0.264 e. The number of hydrogen-bond acceptors (Lipinski definition) is 6. The number of hydrogen-bond donors (Lipinski definition) is 1. The first-order chi connectivity index (χ1) is 20.0. The van der Waals surface area contributed by atoms with Crippen LogP contribution in [0.4, 0.5) is 10.1 Å². The molecule has 9 nitrogen and oxygen atoms in total. The molecule has 226 valence electrons. The molecule has 2 amide bonds. The van der Waals surface area contributed by atoms with Crippen LogP contribution in [0.15, 0.2) is 77.7 Å². The summed E-state index contributed by atoms with van der Waals surface area (Å²) in [6.45, 7) is 4.93. The minimum absolute atomic E-state index is 0.0146. The van der Waals surface area contributed by atoms with E-state index < -0.39 is 34.3 Å². The fourth-order valence-corrected chi connectivity index (χ4v) is 5.80. The summed E-state index contributed by atoms with van der Waals surface area (Å²) in [5, 5.41) is 2.92. The molecule has 0 saturated heterocycles. The number of rotatable bonds is 14. The number of nitrogens with one attached hydrogen (secondary N) is 1. The van der Waals surface area contributed by atoms with Crippen LogP contribution in [-0.4, -0.2) is 58.0 Å². The summed E-state index contributed by atoms with van der Waals surface area (Å²) in [5.74, 6) is -0.744. The number of methoxy groups -OCH3 is 2. The molecule has 0 saturated carbocycles. The highest BCUT2D eigenvalue weighted by Gasteiger charge is 2.34. The zero-order chi connectivity index (χ0) is 30.9. The molecular formula is C31H38FN3O6S. The van der Waals surface area contributed by atoms with Gasteiger partial charge in [0.05, 0.1) is 24.8 Å². The van der Waals surface area contributed by atoms with Crippen LogP contribution in [0, 0.1) is 5.82 Å². The fourth-order valence-electron chi connectivity index (χ4n) is 4.38. The number of carbonyl (C=O) groups excluding carboxylic acids is 2. The van der Waals surface area contributed by atoms with Crippen LogP contribution >= 0.6 is 0 Å². The highest BCUT2D eigenvalue weighted by atomic mass is 32.2. The predicted molar refractivity (Wildman–Crippen MR) is 159 cm³/mol. The van der Waals surface area contributed by atoms with Crippen molar-refractivity contribution in [1.82, 2.24) is 10.2 Å². The second-order valence-corrected chi connectivity index (χ2v) is 11.6. The van der Waals surface area contributed by atoms with Crippen molar-refractivity contribution in [1.29, 1.82) is 0 Å².